The molecule has 166 valence electrons. The van der Waals surface area contributed by atoms with Crippen LogP contribution >= 0.6 is 0 Å². The Morgan fingerprint density at radius 1 is 0.781 bits per heavy atom. The van der Waals surface area contributed by atoms with E-state index < -0.39 is 15.9 Å². The highest BCUT2D eigenvalue weighted by Gasteiger charge is 2.20. The van der Waals surface area contributed by atoms with Gasteiger partial charge >= 0.3 is 0 Å². The molecule has 0 bridgehead atoms. The second-order valence-corrected chi connectivity index (χ2v) is 9.65. The molecule has 3 aromatic rings. The number of benzene rings is 3. The summed E-state index contributed by atoms with van der Waals surface area (Å²) in [5.74, 6) is -0.483. The summed E-state index contributed by atoms with van der Waals surface area (Å²) in [6, 6.07) is 23.8. The van der Waals surface area contributed by atoms with Gasteiger partial charge in [0.15, 0.2) is 9.84 Å². The highest BCUT2D eigenvalue weighted by atomic mass is 32.2. The highest BCUT2D eigenvalue weighted by molar-refractivity contribution is 7.90. The predicted octanol–water partition coefficient (Wildman–Crippen LogP) is 3.83. The molecule has 0 aromatic heterocycles. The number of hydrogen-bond donors (Lipinski definition) is 2. The van der Waals surface area contributed by atoms with Crippen LogP contribution in [0.3, 0.4) is 0 Å². The van der Waals surface area contributed by atoms with E-state index in [1.807, 2.05) is 43.3 Å². The van der Waals surface area contributed by atoms with Crippen molar-refractivity contribution >= 4 is 21.7 Å². The zero-order chi connectivity index (χ0) is 23.1. The Kier molecular flexibility index (Phi) is 7.43. The number of nitrogens with one attached hydrogen (secondary N) is 2. The summed E-state index contributed by atoms with van der Waals surface area (Å²) in [5.41, 5.74) is 2.14. The number of sulfone groups is 1. The van der Waals surface area contributed by atoms with Crippen molar-refractivity contribution < 1.29 is 18.0 Å². The van der Waals surface area contributed by atoms with Crippen molar-refractivity contribution in [2.75, 3.05) is 6.26 Å². The smallest absolute Gasteiger partial charge is 0.251 e. The molecular weight excluding hydrogens is 424 g/mol. The van der Waals surface area contributed by atoms with Crippen molar-refractivity contribution in [1.82, 2.24) is 10.6 Å². The Bertz CT molecular complexity index is 1160. The maximum atomic E-state index is 12.8. The van der Waals surface area contributed by atoms with E-state index in [4.69, 9.17) is 0 Å². The first kappa shape index (κ1) is 23.2. The van der Waals surface area contributed by atoms with E-state index >= 15 is 0 Å². The Labute approximate surface area is 188 Å². The molecule has 0 aliphatic heterocycles. The van der Waals surface area contributed by atoms with Crippen molar-refractivity contribution in [1.29, 1.82) is 0 Å². The fourth-order valence-electron chi connectivity index (χ4n) is 3.34. The molecule has 0 fully saturated rings. The molecule has 0 heterocycles. The van der Waals surface area contributed by atoms with Crippen molar-refractivity contribution in [3.05, 3.63) is 102 Å². The zero-order valence-corrected chi connectivity index (χ0v) is 18.8. The Balaban J connectivity index is 1.70. The molecule has 7 heteroatoms. The van der Waals surface area contributed by atoms with Crippen LogP contribution in [0.2, 0.25) is 0 Å². The summed E-state index contributed by atoms with van der Waals surface area (Å²) in [6.45, 7) is 1.83. The van der Waals surface area contributed by atoms with Gasteiger partial charge in [-0.2, -0.15) is 0 Å². The maximum Gasteiger partial charge on any atom is 0.251 e. The fourth-order valence-corrected chi connectivity index (χ4v) is 3.97. The lowest BCUT2D eigenvalue weighted by atomic mass is 10.0. The second-order valence-electron chi connectivity index (χ2n) is 7.64. The third-order valence-corrected chi connectivity index (χ3v) is 6.25. The molecule has 3 rings (SSSR count). The first-order chi connectivity index (χ1) is 15.2. The first-order valence-corrected chi connectivity index (χ1v) is 12.1. The van der Waals surface area contributed by atoms with Crippen LogP contribution in [0.1, 0.15) is 46.9 Å². The number of carbonyl (C=O) groups is 2. The lowest BCUT2D eigenvalue weighted by Crippen LogP contribution is -2.34. The molecular formula is C25H26N2O4S. The molecule has 3 aromatic carbocycles. The fraction of sp³-hybridized carbons (Fsp3) is 0.200. The van der Waals surface area contributed by atoms with E-state index in [0.717, 1.165) is 17.4 Å². The number of carbonyl (C=O) groups excluding carboxylic acids is 2. The maximum absolute atomic E-state index is 12.8. The molecule has 32 heavy (non-hydrogen) atoms. The molecule has 0 radical (unpaired) electrons. The van der Waals surface area contributed by atoms with Gasteiger partial charge in [0.1, 0.15) is 0 Å². The molecule has 2 amide bonds. The van der Waals surface area contributed by atoms with Gasteiger partial charge in [0, 0.05) is 11.8 Å². The van der Waals surface area contributed by atoms with Crippen LogP contribution in [-0.4, -0.2) is 26.5 Å². The normalized spacial score (nSPS) is 13.1. The van der Waals surface area contributed by atoms with Crippen LogP contribution in [0.5, 0.6) is 0 Å². The minimum atomic E-state index is -3.28. The largest absolute Gasteiger partial charge is 0.350 e. The average molecular weight is 451 g/mol. The average Bonchev–Trinajstić information content (AvgIpc) is 2.79. The standard InChI is InChI=1S/C25H26N2O4S/c1-18(19-13-15-22(16-14-19)32(2,30)31)26-24(28)17-23(20-9-5-3-6-10-20)27-25(29)21-11-7-4-8-12-21/h3-16,18,23H,17H2,1-2H3,(H,26,28)(H,27,29). The lowest BCUT2D eigenvalue weighted by molar-refractivity contribution is -0.122. The number of hydrogen-bond acceptors (Lipinski definition) is 4. The van der Waals surface area contributed by atoms with Crippen molar-refractivity contribution in [3.63, 3.8) is 0 Å². The van der Waals surface area contributed by atoms with Crippen molar-refractivity contribution in [2.24, 2.45) is 0 Å². The molecule has 0 aliphatic rings. The highest BCUT2D eigenvalue weighted by Crippen LogP contribution is 2.20. The summed E-state index contributed by atoms with van der Waals surface area (Å²) in [5, 5.41) is 5.88. The van der Waals surface area contributed by atoms with E-state index in [2.05, 4.69) is 10.6 Å². The summed E-state index contributed by atoms with van der Waals surface area (Å²) in [4.78, 5) is 25.7. The van der Waals surface area contributed by atoms with Crippen LogP contribution in [0.25, 0.3) is 0 Å². The van der Waals surface area contributed by atoms with Crippen molar-refractivity contribution in [3.8, 4) is 0 Å². The molecule has 0 spiro atoms. The molecule has 0 aliphatic carbocycles. The van der Waals surface area contributed by atoms with E-state index in [9.17, 15) is 18.0 Å². The van der Waals surface area contributed by atoms with Gasteiger partial charge in [0.25, 0.3) is 5.91 Å². The van der Waals surface area contributed by atoms with E-state index in [1.165, 1.54) is 12.1 Å². The third-order valence-electron chi connectivity index (χ3n) is 5.12. The Hall–Kier alpha value is -3.45. The number of amides is 2. The van der Waals surface area contributed by atoms with E-state index in [0.29, 0.717) is 5.56 Å². The topological polar surface area (TPSA) is 92.3 Å². The monoisotopic (exact) mass is 450 g/mol. The van der Waals surface area contributed by atoms with Crippen LogP contribution < -0.4 is 10.6 Å². The summed E-state index contributed by atoms with van der Waals surface area (Å²) < 4.78 is 23.3. The van der Waals surface area contributed by atoms with Gasteiger partial charge in [-0.25, -0.2) is 8.42 Å². The quantitative estimate of drug-likeness (QED) is 0.546. The molecule has 2 unspecified atom stereocenters. The third kappa shape index (κ3) is 6.28. The van der Waals surface area contributed by atoms with Crippen LogP contribution in [0, 0.1) is 0 Å². The van der Waals surface area contributed by atoms with Crippen molar-refractivity contribution in [2.45, 2.75) is 30.3 Å². The van der Waals surface area contributed by atoms with Gasteiger partial charge < -0.3 is 10.6 Å². The molecule has 2 N–H and O–H groups in total. The van der Waals surface area contributed by atoms with Gasteiger partial charge in [-0.15, -0.1) is 0 Å². The minimum absolute atomic E-state index is 0.0638. The Morgan fingerprint density at radius 3 is 1.91 bits per heavy atom. The molecule has 0 saturated carbocycles. The zero-order valence-electron chi connectivity index (χ0n) is 18.0. The Morgan fingerprint density at radius 2 is 1.34 bits per heavy atom. The number of rotatable bonds is 8. The van der Waals surface area contributed by atoms with E-state index in [1.54, 1.807) is 36.4 Å². The summed E-state index contributed by atoms with van der Waals surface area (Å²) in [7, 11) is -3.28. The minimum Gasteiger partial charge on any atom is -0.350 e. The predicted molar refractivity (Wildman–Crippen MR) is 124 cm³/mol. The lowest BCUT2D eigenvalue weighted by Gasteiger charge is -2.21. The summed E-state index contributed by atoms with van der Waals surface area (Å²) in [6.07, 6.45) is 1.22. The van der Waals surface area contributed by atoms with Crippen LogP contribution in [0.15, 0.2) is 89.8 Å². The van der Waals surface area contributed by atoms with E-state index in [-0.39, 0.29) is 29.2 Å². The van der Waals surface area contributed by atoms with Gasteiger partial charge in [0.05, 0.1) is 23.4 Å². The van der Waals surface area contributed by atoms with Gasteiger partial charge in [-0.05, 0) is 42.3 Å². The molecule has 6 nitrogen and oxygen atoms in total. The van der Waals surface area contributed by atoms with Crippen LogP contribution in [0.4, 0.5) is 0 Å². The molecule has 0 saturated heterocycles. The first-order valence-electron chi connectivity index (χ1n) is 10.2. The SMILES string of the molecule is CC(NC(=O)CC(NC(=O)c1ccccc1)c1ccccc1)c1ccc(S(C)(=O)=O)cc1. The molecule has 2 atom stereocenters. The van der Waals surface area contributed by atoms with Gasteiger partial charge in [-0.3, -0.25) is 9.59 Å². The summed E-state index contributed by atoms with van der Waals surface area (Å²) >= 11 is 0. The van der Waals surface area contributed by atoms with Gasteiger partial charge in [0.2, 0.25) is 5.91 Å². The van der Waals surface area contributed by atoms with Gasteiger partial charge in [-0.1, -0.05) is 60.7 Å². The van der Waals surface area contributed by atoms with Crippen LogP contribution in [-0.2, 0) is 14.6 Å². The second kappa shape index (κ2) is 10.2.